The van der Waals surface area contributed by atoms with Crippen LogP contribution >= 0.6 is 11.3 Å². The van der Waals surface area contributed by atoms with Gasteiger partial charge < -0.3 is 20.9 Å². The molecule has 0 saturated carbocycles. The molecule has 0 bridgehead atoms. The molecule has 0 fully saturated rings. The number of carbonyl (C=O) groups is 2. The van der Waals surface area contributed by atoms with Crippen LogP contribution in [0.15, 0.2) is 53.9 Å². The van der Waals surface area contributed by atoms with Gasteiger partial charge >= 0.3 is 0 Å². The first kappa shape index (κ1) is 20.1. The molecular weight excluding hydrogens is 396 g/mol. The number of hydrogen-bond donors (Lipinski definition) is 3. The third kappa shape index (κ3) is 4.22. The first-order valence-electron chi connectivity index (χ1n) is 9.81. The lowest BCUT2D eigenvalue weighted by Gasteiger charge is -2.13. The Balaban J connectivity index is 1.51. The predicted molar refractivity (Wildman–Crippen MR) is 122 cm³/mol. The lowest BCUT2D eigenvalue weighted by atomic mass is 10.00. The van der Waals surface area contributed by atoms with Crippen molar-refractivity contribution >= 4 is 34.5 Å². The average Bonchev–Trinajstić information content (AvgIpc) is 3.39. The fourth-order valence-corrected chi connectivity index (χ4v) is 4.25. The molecule has 2 amide bonds. The molecule has 7 heteroatoms. The number of thiophene rings is 1. The zero-order valence-electron chi connectivity index (χ0n) is 17.0. The van der Waals surface area contributed by atoms with Crippen LogP contribution in [0.2, 0.25) is 0 Å². The standard InChI is InChI=1S/C23H24N4O2S/c1-27(2)12-11-24-16-7-5-15(6-8-16)22(28)26-19-10-9-17(20-4-3-13-30-20)18-14-25-23(29)21(18)19/h3-10,13,24H,11-12,14H2,1-2H3,(H,25,29)(H,26,28). The Bertz CT molecular complexity index is 1060. The van der Waals surface area contributed by atoms with Crippen molar-refractivity contribution in [3.8, 4) is 10.4 Å². The highest BCUT2D eigenvalue weighted by atomic mass is 32.1. The number of likely N-dealkylation sites (N-methyl/N-ethyl adjacent to an activating group) is 1. The predicted octanol–water partition coefficient (Wildman–Crippen LogP) is 3.88. The van der Waals surface area contributed by atoms with E-state index in [4.69, 9.17) is 0 Å². The molecule has 1 aliphatic heterocycles. The first-order chi connectivity index (χ1) is 14.5. The highest BCUT2D eigenvalue weighted by Crippen LogP contribution is 2.36. The molecule has 30 heavy (non-hydrogen) atoms. The van der Waals surface area contributed by atoms with Crippen LogP contribution in [0.4, 0.5) is 11.4 Å². The molecular formula is C23H24N4O2S. The van der Waals surface area contributed by atoms with Gasteiger partial charge in [0.1, 0.15) is 0 Å². The summed E-state index contributed by atoms with van der Waals surface area (Å²) >= 11 is 1.63. The Morgan fingerprint density at radius 3 is 2.63 bits per heavy atom. The van der Waals surface area contributed by atoms with Crippen molar-refractivity contribution in [1.29, 1.82) is 0 Å². The maximum atomic E-state index is 12.8. The Labute approximate surface area is 179 Å². The molecule has 2 heterocycles. The molecule has 1 aliphatic rings. The van der Waals surface area contributed by atoms with Gasteiger partial charge in [0.2, 0.25) is 0 Å². The molecule has 1 aromatic heterocycles. The smallest absolute Gasteiger partial charge is 0.255 e. The summed E-state index contributed by atoms with van der Waals surface area (Å²) in [6.07, 6.45) is 0. The molecule has 154 valence electrons. The van der Waals surface area contributed by atoms with Gasteiger partial charge in [0.05, 0.1) is 11.3 Å². The van der Waals surface area contributed by atoms with Gasteiger partial charge in [-0.2, -0.15) is 0 Å². The highest BCUT2D eigenvalue weighted by Gasteiger charge is 2.27. The van der Waals surface area contributed by atoms with Crippen LogP contribution in [0.3, 0.4) is 0 Å². The van der Waals surface area contributed by atoms with Crippen molar-refractivity contribution in [3.05, 3.63) is 70.6 Å². The van der Waals surface area contributed by atoms with Crippen LogP contribution in [0.5, 0.6) is 0 Å². The van der Waals surface area contributed by atoms with Gasteiger partial charge in [-0.25, -0.2) is 0 Å². The molecule has 6 nitrogen and oxygen atoms in total. The van der Waals surface area contributed by atoms with Gasteiger partial charge in [-0.15, -0.1) is 11.3 Å². The molecule has 0 atom stereocenters. The second kappa shape index (κ2) is 8.69. The minimum Gasteiger partial charge on any atom is -0.384 e. The van der Waals surface area contributed by atoms with Crippen molar-refractivity contribution < 1.29 is 9.59 Å². The summed E-state index contributed by atoms with van der Waals surface area (Å²) in [6, 6.07) is 15.2. The molecule has 0 saturated heterocycles. The van der Waals surface area contributed by atoms with E-state index in [2.05, 4.69) is 20.9 Å². The molecule has 3 aromatic rings. The largest absolute Gasteiger partial charge is 0.384 e. The second-order valence-electron chi connectivity index (χ2n) is 7.44. The lowest BCUT2D eigenvalue weighted by Crippen LogP contribution is -2.20. The third-order valence-corrected chi connectivity index (χ3v) is 5.94. The molecule has 0 spiro atoms. The van der Waals surface area contributed by atoms with Gasteiger partial charge in [0.15, 0.2) is 0 Å². The van der Waals surface area contributed by atoms with Crippen LogP contribution < -0.4 is 16.0 Å². The minimum absolute atomic E-state index is 0.154. The summed E-state index contributed by atoms with van der Waals surface area (Å²) in [7, 11) is 4.05. The van der Waals surface area contributed by atoms with Crippen LogP contribution in [0.25, 0.3) is 10.4 Å². The highest BCUT2D eigenvalue weighted by molar-refractivity contribution is 7.13. The van der Waals surface area contributed by atoms with E-state index >= 15 is 0 Å². The van der Waals surface area contributed by atoms with E-state index in [1.54, 1.807) is 23.5 Å². The second-order valence-corrected chi connectivity index (χ2v) is 8.38. The van der Waals surface area contributed by atoms with Crippen molar-refractivity contribution in [2.75, 3.05) is 37.8 Å². The number of carbonyl (C=O) groups excluding carboxylic acids is 2. The van der Waals surface area contributed by atoms with Crippen molar-refractivity contribution in [3.63, 3.8) is 0 Å². The summed E-state index contributed by atoms with van der Waals surface area (Å²) in [5.41, 5.74) is 4.57. The van der Waals surface area contributed by atoms with E-state index in [0.717, 1.165) is 34.8 Å². The van der Waals surface area contributed by atoms with Crippen LogP contribution in [-0.4, -0.2) is 43.9 Å². The molecule has 0 aliphatic carbocycles. The number of rotatable bonds is 7. The van der Waals surface area contributed by atoms with E-state index < -0.39 is 0 Å². The molecule has 0 radical (unpaired) electrons. The summed E-state index contributed by atoms with van der Waals surface area (Å²) < 4.78 is 0. The topological polar surface area (TPSA) is 73.5 Å². The monoisotopic (exact) mass is 420 g/mol. The Morgan fingerprint density at radius 1 is 1.13 bits per heavy atom. The summed E-state index contributed by atoms with van der Waals surface area (Å²) in [4.78, 5) is 28.4. The van der Waals surface area contributed by atoms with Gasteiger partial charge in [-0.3, -0.25) is 9.59 Å². The van der Waals surface area contributed by atoms with Gasteiger partial charge in [-0.1, -0.05) is 12.1 Å². The fourth-order valence-electron chi connectivity index (χ4n) is 3.47. The fraction of sp³-hybridized carbons (Fsp3) is 0.217. The van der Waals surface area contributed by atoms with E-state index in [0.29, 0.717) is 23.4 Å². The SMILES string of the molecule is CN(C)CCNc1ccc(C(=O)Nc2ccc(-c3cccs3)c3c2C(=O)NC3)cc1. The number of nitrogens with zero attached hydrogens (tertiary/aromatic N) is 1. The Kier molecular flexibility index (Phi) is 5.83. The normalized spacial score (nSPS) is 12.6. The Morgan fingerprint density at radius 2 is 1.93 bits per heavy atom. The lowest BCUT2D eigenvalue weighted by molar-refractivity contribution is 0.0966. The number of fused-ring (bicyclic) bond motifs is 1. The maximum Gasteiger partial charge on any atom is 0.255 e. The minimum atomic E-state index is -0.236. The third-order valence-electron chi connectivity index (χ3n) is 5.04. The van der Waals surface area contributed by atoms with Crippen LogP contribution in [0, 0.1) is 0 Å². The maximum absolute atomic E-state index is 12.8. The quantitative estimate of drug-likeness (QED) is 0.542. The van der Waals surface area contributed by atoms with E-state index in [1.165, 1.54) is 0 Å². The average molecular weight is 421 g/mol. The summed E-state index contributed by atoms with van der Waals surface area (Å²) in [5.74, 6) is -0.389. The number of anilines is 2. The van der Waals surface area contributed by atoms with Gasteiger partial charge in [0.25, 0.3) is 11.8 Å². The van der Waals surface area contributed by atoms with Crippen molar-refractivity contribution in [2.24, 2.45) is 0 Å². The zero-order valence-corrected chi connectivity index (χ0v) is 17.8. The van der Waals surface area contributed by atoms with E-state index in [-0.39, 0.29) is 11.8 Å². The van der Waals surface area contributed by atoms with Gasteiger partial charge in [0, 0.05) is 35.8 Å². The van der Waals surface area contributed by atoms with Crippen LogP contribution in [0.1, 0.15) is 26.3 Å². The first-order valence-corrected chi connectivity index (χ1v) is 10.7. The summed E-state index contributed by atoms with van der Waals surface area (Å²) in [5, 5.41) is 11.1. The van der Waals surface area contributed by atoms with Gasteiger partial charge in [-0.05, 0) is 67.0 Å². The molecule has 4 rings (SSSR count). The van der Waals surface area contributed by atoms with Crippen molar-refractivity contribution in [2.45, 2.75) is 6.54 Å². The number of nitrogens with one attached hydrogen (secondary N) is 3. The Hall–Kier alpha value is -3.16. The number of amides is 2. The van der Waals surface area contributed by atoms with Crippen LogP contribution in [-0.2, 0) is 6.54 Å². The molecule has 0 unspecified atom stereocenters. The molecule has 3 N–H and O–H groups in total. The van der Waals surface area contributed by atoms with E-state index in [9.17, 15) is 9.59 Å². The molecule has 2 aromatic carbocycles. The van der Waals surface area contributed by atoms with E-state index in [1.807, 2.05) is 55.9 Å². The zero-order chi connectivity index (χ0) is 21.1. The number of benzene rings is 2. The summed E-state index contributed by atoms with van der Waals surface area (Å²) in [6.45, 7) is 2.23. The van der Waals surface area contributed by atoms with Crippen molar-refractivity contribution in [1.82, 2.24) is 10.2 Å². The number of hydrogen-bond acceptors (Lipinski definition) is 5.